The number of rotatable bonds is 0. The Kier molecular flexibility index (Phi) is 1.84. The minimum Gasteiger partial charge on any atom is -0.456 e. The van der Waals surface area contributed by atoms with Gasteiger partial charge in [-0.1, -0.05) is 47.9 Å². The van der Waals surface area contributed by atoms with Crippen molar-refractivity contribution in [2.45, 2.75) is 0 Å². The van der Waals surface area contributed by atoms with E-state index in [2.05, 4.69) is 50.3 Å². The molecule has 0 radical (unpaired) electrons. The summed E-state index contributed by atoms with van der Waals surface area (Å²) in [6, 6.07) is 18.9. The van der Waals surface area contributed by atoms with E-state index in [0.717, 1.165) is 11.2 Å². The fourth-order valence-corrected chi connectivity index (χ4v) is 2.74. The van der Waals surface area contributed by atoms with Crippen LogP contribution in [0.25, 0.3) is 32.7 Å². The Morgan fingerprint density at radius 3 is 2.44 bits per heavy atom. The number of hydrogen-bond acceptors (Lipinski definition) is 1. The summed E-state index contributed by atoms with van der Waals surface area (Å²) in [5.41, 5.74) is 3.23. The van der Waals surface area contributed by atoms with Gasteiger partial charge >= 0.3 is 0 Å². The second-order valence-electron chi connectivity index (χ2n) is 4.71. The second kappa shape index (κ2) is 3.39. The lowest BCUT2D eigenvalue weighted by Gasteiger charge is -2.02. The Bertz CT molecular complexity index is 889. The number of benzene rings is 3. The topological polar surface area (TPSA) is 13.1 Å². The summed E-state index contributed by atoms with van der Waals surface area (Å²) in [5, 5.41) is 5.00. The van der Waals surface area contributed by atoms with Crippen LogP contribution < -0.4 is 5.46 Å². The molecule has 0 bridgehead atoms. The summed E-state index contributed by atoms with van der Waals surface area (Å²) in [4.78, 5) is 0. The fraction of sp³-hybridized carbons (Fsp3) is 0. The number of fused-ring (bicyclic) bond motifs is 5. The largest absolute Gasteiger partial charge is 0.456 e. The van der Waals surface area contributed by atoms with Crippen LogP contribution in [0.3, 0.4) is 0 Å². The van der Waals surface area contributed by atoms with E-state index in [4.69, 9.17) is 4.42 Å². The molecule has 1 aromatic heterocycles. The first kappa shape index (κ1) is 9.78. The monoisotopic (exact) mass is 230 g/mol. The molecule has 0 N–H and O–H groups in total. The molecule has 4 rings (SSSR count). The van der Waals surface area contributed by atoms with E-state index < -0.39 is 0 Å². The van der Waals surface area contributed by atoms with Crippen LogP contribution in [0, 0.1) is 0 Å². The van der Waals surface area contributed by atoms with Gasteiger partial charge in [0.1, 0.15) is 19.0 Å². The molecule has 18 heavy (non-hydrogen) atoms. The van der Waals surface area contributed by atoms with Gasteiger partial charge in [0.05, 0.1) is 0 Å². The van der Waals surface area contributed by atoms with Crippen molar-refractivity contribution in [1.29, 1.82) is 0 Å². The lowest BCUT2D eigenvalue weighted by molar-refractivity contribution is 0.669. The van der Waals surface area contributed by atoms with E-state index in [1.807, 2.05) is 12.1 Å². The summed E-state index contributed by atoms with van der Waals surface area (Å²) in [6.07, 6.45) is 0. The van der Waals surface area contributed by atoms with E-state index in [-0.39, 0.29) is 0 Å². The van der Waals surface area contributed by atoms with Gasteiger partial charge in [0, 0.05) is 10.8 Å². The van der Waals surface area contributed by atoms with Gasteiger partial charge in [0.15, 0.2) is 0 Å². The van der Waals surface area contributed by atoms with Gasteiger partial charge in [0.2, 0.25) is 0 Å². The normalized spacial score (nSPS) is 11.6. The molecule has 0 fully saturated rings. The molecule has 0 spiro atoms. The minimum absolute atomic E-state index is 0.960. The average Bonchev–Trinajstić information content (AvgIpc) is 2.77. The van der Waals surface area contributed by atoms with Crippen LogP contribution in [0.5, 0.6) is 0 Å². The molecule has 3 aromatic carbocycles. The molecule has 0 aliphatic rings. The van der Waals surface area contributed by atoms with Gasteiger partial charge in [0.25, 0.3) is 0 Å². The van der Waals surface area contributed by atoms with Crippen molar-refractivity contribution in [2.24, 2.45) is 0 Å². The number of para-hydroxylation sites is 1. The van der Waals surface area contributed by atoms with Crippen molar-refractivity contribution in [3.63, 3.8) is 0 Å². The first-order valence-corrected chi connectivity index (χ1v) is 6.14. The SMILES string of the molecule is Bc1cccc2c1ccc1oc3ccccc3c12. The quantitative estimate of drug-likeness (QED) is 0.423. The summed E-state index contributed by atoms with van der Waals surface area (Å²) in [6.45, 7) is 0. The predicted molar refractivity (Wildman–Crippen MR) is 79.4 cm³/mol. The van der Waals surface area contributed by atoms with Crippen molar-refractivity contribution < 1.29 is 4.42 Å². The minimum atomic E-state index is 0.960. The smallest absolute Gasteiger partial charge is 0.140 e. The Labute approximate surface area is 105 Å². The summed E-state index contributed by atoms with van der Waals surface area (Å²) in [5.74, 6) is 0. The molecular weight excluding hydrogens is 219 g/mol. The van der Waals surface area contributed by atoms with Gasteiger partial charge in [-0.15, -0.1) is 0 Å². The number of furan rings is 1. The Hall–Kier alpha value is -2.22. The van der Waals surface area contributed by atoms with Crippen molar-refractivity contribution in [1.82, 2.24) is 0 Å². The Morgan fingerprint density at radius 2 is 1.50 bits per heavy atom. The van der Waals surface area contributed by atoms with Crippen LogP contribution in [-0.4, -0.2) is 7.85 Å². The molecular formula is C16H11BO. The molecule has 0 aliphatic carbocycles. The van der Waals surface area contributed by atoms with Crippen LogP contribution in [0.2, 0.25) is 0 Å². The lowest BCUT2D eigenvalue weighted by atomic mass is 9.89. The molecule has 0 amide bonds. The highest BCUT2D eigenvalue weighted by Gasteiger charge is 2.09. The van der Waals surface area contributed by atoms with E-state index in [1.54, 1.807) is 0 Å². The number of hydrogen-bond donors (Lipinski definition) is 0. The molecule has 2 heteroatoms. The third-order valence-electron chi connectivity index (χ3n) is 3.62. The Morgan fingerprint density at radius 1 is 0.667 bits per heavy atom. The Balaban J connectivity index is 2.37. The molecule has 1 heterocycles. The van der Waals surface area contributed by atoms with Crippen LogP contribution >= 0.6 is 0 Å². The molecule has 0 saturated heterocycles. The van der Waals surface area contributed by atoms with Crippen molar-refractivity contribution in [2.75, 3.05) is 0 Å². The fourth-order valence-electron chi connectivity index (χ4n) is 2.74. The summed E-state index contributed by atoms with van der Waals surface area (Å²) in [7, 11) is 2.15. The maximum absolute atomic E-state index is 5.90. The standard InChI is InChI=1S/C16H11BO/c17-13-6-3-5-11-10(13)8-9-15-16(11)12-4-1-2-7-14(12)18-15/h1-9H,17H2. The first-order chi connectivity index (χ1) is 8.84. The predicted octanol–water partition coefficient (Wildman–Crippen LogP) is 3.00. The van der Waals surface area contributed by atoms with E-state index in [9.17, 15) is 0 Å². The molecule has 1 nitrogen and oxygen atoms in total. The highest BCUT2D eigenvalue weighted by atomic mass is 16.3. The van der Waals surface area contributed by atoms with Gasteiger partial charge in [-0.25, -0.2) is 0 Å². The highest BCUT2D eigenvalue weighted by molar-refractivity contribution is 6.40. The van der Waals surface area contributed by atoms with Gasteiger partial charge in [-0.05, 0) is 22.9 Å². The van der Waals surface area contributed by atoms with Crippen LogP contribution in [0.4, 0.5) is 0 Å². The van der Waals surface area contributed by atoms with E-state index in [1.165, 1.54) is 27.0 Å². The van der Waals surface area contributed by atoms with Crippen LogP contribution in [-0.2, 0) is 0 Å². The van der Waals surface area contributed by atoms with Gasteiger partial charge < -0.3 is 4.42 Å². The van der Waals surface area contributed by atoms with E-state index in [0.29, 0.717) is 0 Å². The molecule has 0 saturated carbocycles. The maximum Gasteiger partial charge on any atom is 0.140 e. The zero-order chi connectivity index (χ0) is 12.1. The van der Waals surface area contributed by atoms with Crippen molar-refractivity contribution in [3.05, 3.63) is 54.6 Å². The zero-order valence-electron chi connectivity index (χ0n) is 10.1. The lowest BCUT2D eigenvalue weighted by Crippen LogP contribution is -2.02. The van der Waals surface area contributed by atoms with Crippen molar-refractivity contribution >= 4 is 46.0 Å². The molecule has 4 aromatic rings. The molecule has 84 valence electrons. The van der Waals surface area contributed by atoms with Gasteiger partial charge in [-0.3, -0.25) is 0 Å². The third-order valence-corrected chi connectivity index (χ3v) is 3.62. The van der Waals surface area contributed by atoms with E-state index >= 15 is 0 Å². The second-order valence-corrected chi connectivity index (χ2v) is 4.71. The summed E-state index contributed by atoms with van der Waals surface area (Å²) < 4.78 is 5.90. The molecule has 0 aliphatic heterocycles. The van der Waals surface area contributed by atoms with Gasteiger partial charge in [-0.2, -0.15) is 0 Å². The summed E-state index contributed by atoms with van der Waals surface area (Å²) >= 11 is 0. The average molecular weight is 230 g/mol. The highest BCUT2D eigenvalue weighted by Crippen LogP contribution is 2.33. The zero-order valence-corrected chi connectivity index (χ0v) is 10.1. The first-order valence-electron chi connectivity index (χ1n) is 6.14. The molecule has 0 atom stereocenters. The van der Waals surface area contributed by atoms with Crippen LogP contribution in [0.15, 0.2) is 59.0 Å². The van der Waals surface area contributed by atoms with Crippen molar-refractivity contribution in [3.8, 4) is 0 Å². The van der Waals surface area contributed by atoms with Crippen LogP contribution in [0.1, 0.15) is 0 Å². The third kappa shape index (κ3) is 1.18. The maximum atomic E-state index is 5.90. The molecule has 0 unspecified atom stereocenters.